The van der Waals surface area contributed by atoms with Gasteiger partial charge in [-0.25, -0.2) is 13.4 Å². The fourth-order valence-electron chi connectivity index (χ4n) is 2.68. The maximum Gasteiger partial charge on any atom is 0.263 e. The number of nitriles is 1. The molecule has 3 aromatic rings. The van der Waals surface area contributed by atoms with Crippen LogP contribution >= 0.6 is 23.2 Å². The summed E-state index contributed by atoms with van der Waals surface area (Å²) in [7, 11) is -3.95. The van der Waals surface area contributed by atoms with Gasteiger partial charge in [0.25, 0.3) is 15.9 Å². The molecule has 0 radical (unpaired) electrons. The summed E-state index contributed by atoms with van der Waals surface area (Å²) >= 11 is 11.8. The molecule has 8 nitrogen and oxygen atoms in total. The second-order valence-corrected chi connectivity index (χ2v) is 8.95. The van der Waals surface area contributed by atoms with E-state index in [0.717, 1.165) is 0 Å². The molecule has 0 saturated heterocycles. The molecule has 11 heteroatoms. The molecule has 1 amide bonds. The summed E-state index contributed by atoms with van der Waals surface area (Å²) in [5.74, 6) is 0.112. The number of benzene rings is 2. The lowest BCUT2D eigenvalue weighted by atomic mass is 10.2. The van der Waals surface area contributed by atoms with Crippen molar-refractivity contribution in [3.63, 3.8) is 0 Å². The van der Waals surface area contributed by atoms with E-state index < -0.39 is 10.0 Å². The van der Waals surface area contributed by atoms with Gasteiger partial charge in [0.15, 0.2) is 0 Å². The van der Waals surface area contributed by atoms with Crippen LogP contribution in [0.5, 0.6) is 0 Å². The van der Waals surface area contributed by atoms with Crippen molar-refractivity contribution in [2.24, 2.45) is 0 Å². The molecule has 0 atom stereocenters. The summed E-state index contributed by atoms with van der Waals surface area (Å²) in [6.45, 7) is 0.664. The number of pyridine rings is 1. The quantitative estimate of drug-likeness (QED) is 0.412. The predicted octanol–water partition coefficient (Wildman–Crippen LogP) is 3.90. The van der Waals surface area contributed by atoms with E-state index in [1.54, 1.807) is 18.3 Å². The van der Waals surface area contributed by atoms with Crippen molar-refractivity contribution < 1.29 is 13.2 Å². The number of rotatable bonds is 8. The van der Waals surface area contributed by atoms with Crippen LogP contribution in [-0.2, 0) is 10.0 Å². The predicted molar refractivity (Wildman–Crippen MR) is 123 cm³/mol. The van der Waals surface area contributed by atoms with E-state index in [0.29, 0.717) is 30.0 Å². The van der Waals surface area contributed by atoms with E-state index in [1.165, 1.54) is 42.5 Å². The van der Waals surface area contributed by atoms with Crippen LogP contribution in [0.3, 0.4) is 0 Å². The molecule has 2 aromatic carbocycles. The minimum atomic E-state index is -3.95. The Morgan fingerprint density at radius 1 is 1.06 bits per heavy atom. The Labute approximate surface area is 195 Å². The number of hydrogen-bond donors (Lipinski definition) is 3. The van der Waals surface area contributed by atoms with Gasteiger partial charge in [0.05, 0.1) is 10.6 Å². The van der Waals surface area contributed by atoms with Crippen molar-refractivity contribution >= 4 is 50.6 Å². The smallest absolute Gasteiger partial charge is 0.263 e. The average Bonchev–Trinajstić information content (AvgIpc) is 2.78. The number of carbonyl (C=O) groups excluding carboxylic acids is 1. The highest BCUT2D eigenvalue weighted by Gasteiger charge is 2.19. The van der Waals surface area contributed by atoms with Crippen LogP contribution in [-0.4, -0.2) is 32.4 Å². The number of nitrogens with zero attached hydrogens (tertiary/aromatic N) is 2. The van der Waals surface area contributed by atoms with Crippen molar-refractivity contribution in [2.75, 3.05) is 23.1 Å². The van der Waals surface area contributed by atoms with Gasteiger partial charge in [-0.3, -0.25) is 9.52 Å². The van der Waals surface area contributed by atoms with Gasteiger partial charge in [0, 0.05) is 35.6 Å². The molecular formula is C21H17Cl2N5O3S. The largest absolute Gasteiger partial charge is 0.367 e. The maximum atomic E-state index is 12.6. The van der Waals surface area contributed by atoms with Gasteiger partial charge >= 0.3 is 0 Å². The maximum absolute atomic E-state index is 12.6. The van der Waals surface area contributed by atoms with E-state index in [2.05, 4.69) is 20.3 Å². The minimum absolute atomic E-state index is 0.0408. The summed E-state index contributed by atoms with van der Waals surface area (Å²) in [6.07, 6.45) is 1.57. The highest BCUT2D eigenvalue weighted by atomic mass is 35.5. The number of amides is 1. The van der Waals surface area contributed by atoms with Crippen molar-refractivity contribution in [1.82, 2.24) is 10.3 Å². The molecule has 1 aromatic heterocycles. The Bertz CT molecular complexity index is 1280. The van der Waals surface area contributed by atoms with E-state index in [9.17, 15) is 13.2 Å². The van der Waals surface area contributed by atoms with E-state index in [1.807, 2.05) is 6.07 Å². The number of halogens is 2. The Kier molecular flexibility index (Phi) is 7.53. The SMILES string of the molecule is N#Cc1cccnc1NCCNC(=O)c1ccc(NS(=O)(=O)c2cc(Cl)ccc2Cl)cc1. The second-order valence-electron chi connectivity index (χ2n) is 6.45. The number of aromatic nitrogens is 1. The zero-order chi connectivity index (χ0) is 23.1. The first-order chi connectivity index (χ1) is 15.3. The summed E-state index contributed by atoms with van der Waals surface area (Å²) < 4.78 is 27.5. The highest BCUT2D eigenvalue weighted by Crippen LogP contribution is 2.27. The van der Waals surface area contributed by atoms with Crippen molar-refractivity contribution in [3.05, 3.63) is 82.0 Å². The molecule has 3 rings (SSSR count). The zero-order valence-corrected chi connectivity index (χ0v) is 18.8. The molecular weight excluding hydrogens is 473 g/mol. The number of hydrogen-bond acceptors (Lipinski definition) is 6. The molecule has 0 fully saturated rings. The molecule has 1 heterocycles. The lowest BCUT2D eigenvalue weighted by Gasteiger charge is -2.11. The molecule has 0 unspecified atom stereocenters. The van der Waals surface area contributed by atoms with Crippen LogP contribution < -0.4 is 15.4 Å². The summed E-state index contributed by atoms with van der Waals surface area (Å²) in [6, 6.07) is 15.4. The van der Waals surface area contributed by atoms with Gasteiger partial charge in [0.1, 0.15) is 16.8 Å². The van der Waals surface area contributed by atoms with Gasteiger partial charge in [0.2, 0.25) is 0 Å². The molecule has 3 N–H and O–H groups in total. The Hall–Kier alpha value is -3.32. The lowest BCUT2D eigenvalue weighted by molar-refractivity contribution is 0.0955. The van der Waals surface area contributed by atoms with E-state index in [4.69, 9.17) is 28.5 Å². The van der Waals surface area contributed by atoms with Crippen LogP contribution in [0.2, 0.25) is 10.0 Å². The molecule has 164 valence electrons. The summed E-state index contributed by atoms with van der Waals surface area (Å²) in [5.41, 5.74) is 1.03. The standard InChI is InChI=1S/C21H17Cl2N5O3S/c22-16-5-8-18(23)19(12-16)32(30,31)28-17-6-3-14(4-7-17)21(29)27-11-10-26-20-15(13-24)2-1-9-25-20/h1-9,12,28H,10-11H2,(H,25,26)(H,27,29). The summed E-state index contributed by atoms with van der Waals surface area (Å²) in [5, 5.41) is 15.0. The number of sulfonamides is 1. The number of nitrogens with one attached hydrogen (secondary N) is 3. The van der Waals surface area contributed by atoms with Gasteiger partial charge < -0.3 is 10.6 Å². The highest BCUT2D eigenvalue weighted by molar-refractivity contribution is 7.92. The molecule has 0 spiro atoms. The fourth-order valence-corrected chi connectivity index (χ4v) is 4.50. The van der Waals surface area contributed by atoms with Crippen LogP contribution in [0.4, 0.5) is 11.5 Å². The third-order valence-electron chi connectivity index (χ3n) is 4.21. The topological polar surface area (TPSA) is 124 Å². The van der Waals surface area contributed by atoms with Crippen LogP contribution in [0, 0.1) is 11.3 Å². The van der Waals surface area contributed by atoms with E-state index >= 15 is 0 Å². The lowest BCUT2D eigenvalue weighted by Crippen LogP contribution is -2.29. The van der Waals surface area contributed by atoms with Crippen LogP contribution in [0.25, 0.3) is 0 Å². The third kappa shape index (κ3) is 5.88. The normalized spacial score (nSPS) is 10.8. The minimum Gasteiger partial charge on any atom is -0.367 e. The van der Waals surface area contributed by atoms with Crippen molar-refractivity contribution in [2.45, 2.75) is 4.90 Å². The Balaban J connectivity index is 1.56. The molecule has 0 aliphatic carbocycles. The van der Waals surface area contributed by atoms with Crippen molar-refractivity contribution in [3.8, 4) is 6.07 Å². The molecule has 0 aliphatic heterocycles. The first-order valence-corrected chi connectivity index (χ1v) is 11.5. The molecule has 0 aliphatic rings. The zero-order valence-electron chi connectivity index (χ0n) is 16.5. The third-order valence-corrected chi connectivity index (χ3v) is 6.31. The summed E-state index contributed by atoms with van der Waals surface area (Å²) in [4.78, 5) is 16.2. The first kappa shape index (κ1) is 23.3. The van der Waals surface area contributed by atoms with Gasteiger partial charge in [-0.2, -0.15) is 5.26 Å². The first-order valence-electron chi connectivity index (χ1n) is 9.25. The second kappa shape index (κ2) is 10.3. The molecule has 0 saturated carbocycles. The average molecular weight is 490 g/mol. The molecule has 32 heavy (non-hydrogen) atoms. The fraction of sp³-hybridized carbons (Fsp3) is 0.0952. The molecule has 0 bridgehead atoms. The monoisotopic (exact) mass is 489 g/mol. The van der Waals surface area contributed by atoms with Crippen molar-refractivity contribution in [1.29, 1.82) is 5.26 Å². The number of carbonyl (C=O) groups is 1. The Morgan fingerprint density at radius 3 is 2.53 bits per heavy atom. The number of anilines is 2. The Morgan fingerprint density at radius 2 is 1.81 bits per heavy atom. The van der Waals surface area contributed by atoms with Gasteiger partial charge in [-0.05, 0) is 54.6 Å². The van der Waals surface area contributed by atoms with Crippen LogP contribution in [0.15, 0.2) is 65.7 Å². The van der Waals surface area contributed by atoms with E-state index in [-0.39, 0.29) is 26.5 Å². The van der Waals surface area contributed by atoms with Gasteiger partial charge in [-0.1, -0.05) is 23.2 Å². The van der Waals surface area contributed by atoms with Gasteiger partial charge in [-0.15, -0.1) is 0 Å². The van der Waals surface area contributed by atoms with Crippen LogP contribution in [0.1, 0.15) is 15.9 Å².